The number of rotatable bonds is 5. The molecule has 34 heavy (non-hydrogen) atoms. The van der Waals surface area contributed by atoms with Gasteiger partial charge >= 0.3 is 0 Å². The largest absolute Gasteiger partial charge is 0.371 e. The summed E-state index contributed by atoms with van der Waals surface area (Å²) in [5, 5.41) is 14.1. The van der Waals surface area contributed by atoms with Crippen LogP contribution in [0.25, 0.3) is 0 Å². The Morgan fingerprint density at radius 1 is 1.09 bits per heavy atom. The molecule has 1 N–H and O–H groups in total. The van der Waals surface area contributed by atoms with Crippen LogP contribution in [0.5, 0.6) is 0 Å². The van der Waals surface area contributed by atoms with Gasteiger partial charge in [0.2, 0.25) is 11.9 Å². The number of nitrogens with one attached hydrogen (secondary N) is 1. The Morgan fingerprint density at radius 3 is 2.44 bits per heavy atom. The van der Waals surface area contributed by atoms with Crippen molar-refractivity contribution < 1.29 is 18.5 Å². The molecule has 1 aromatic heterocycles. The number of alkyl halides is 2. The Kier molecular flexibility index (Phi) is 5.69. The molecule has 1 spiro atoms. The summed E-state index contributed by atoms with van der Waals surface area (Å²) in [5.41, 5.74) is 1.86. The molecular formula is C24H27F2N5O3. The zero-order chi connectivity index (χ0) is 23.9. The lowest BCUT2D eigenvalue weighted by Crippen LogP contribution is -2.35. The van der Waals surface area contributed by atoms with Crippen LogP contribution in [0.1, 0.15) is 73.3 Å². The lowest BCUT2D eigenvalue weighted by molar-refractivity contribution is -0.384. The maximum Gasteiger partial charge on any atom is 0.271 e. The molecule has 2 heterocycles. The van der Waals surface area contributed by atoms with Crippen molar-refractivity contribution in [3.63, 3.8) is 0 Å². The van der Waals surface area contributed by atoms with E-state index in [9.17, 15) is 23.7 Å². The molecule has 1 aliphatic heterocycles. The molecular weight excluding hydrogens is 444 g/mol. The molecule has 2 aromatic rings. The van der Waals surface area contributed by atoms with Crippen LogP contribution in [0.15, 0.2) is 30.5 Å². The number of anilines is 2. The molecule has 0 atom stereocenters. The summed E-state index contributed by atoms with van der Waals surface area (Å²) in [6, 6.07) is 5.95. The summed E-state index contributed by atoms with van der Waals surface area (Å²) in [6.45, 7) is 1.50. The average Bonchev–Trinajstić information content (AvgIpc) is 3.58. The van der Waals surface area contributed by atoms with E-state index < -0.39 is 16.8 Å². The first-order valence-corrected chi connectivity index (χ1v) is 11.8. The van der Waals surface area contributed by atoms with Gasteiger partial charge in [-0.2, -0.15) is 0 Å². The number of nitro benzene ring substituents is 1. The third-order valence-electron chi connectivity index (χ3n) is 7.60. The lowest BCUT2D eigenvalue weighted by Gasteiger charge is -2.34. The van der Waals surface area contributed by atoms with E-state index in [-0.39, 0.29) is 30.4 Å². The highest BCUT2D eigenvalue weighted by Crippen LogP contribution is 2.54. The second kappa shape index (κ2) is 8.56. The molecule has 10 heteroatoms. The summed E-state index contributed by atoms with van der Waals surface area (Å²) in [5.74, 6) is -3.08. The highest BCUT2D eigenvalue weighted by Gasteiger charge is 2.44. The van der Waals surface area contributed by atoms with Gasteiger partial charge in [-0.05, 0) is 56.1 Å². The van der Waals surface area contributed by atoms with Crippen LogP contribution < -0.4 is 10.2 Å². The van der Waals surface area contributed by atoms with Crippen molar-refractivity contribution in [3.8, 4) is 0 Å². The van der Waals surface area contributed by atoms with Gasteiger partial charge in [-0.25, -0.2) is 18.7 Å². The van der Waals surface area contributed by atoms with Gasteiger partial charge in [-0.15, -0.1) is 0 Å². The van der Waals surface area contributed by atoms with Gasteiger partial charge in [0.25, 0.3) is 11.6 Å². The molecule has 0 unspecified atom stereocenters. The standard InChI is InChI=1S/C24H27F2N5O3/c25-24(26)6-3-16(4-7-24)19-5-12-27-22(28-19)29-21(32)18-2-1-17(31(33)34)15-20(18)30-13-10-23(8-9-23)11-14-30/h1-2,5,12,15-16H,3-4,6-11,13-14H2,(H,27,28,29,32). The van der Waals surface area contributed by atoms with Crippen LogP contribution in [-0.2, 0) is 0 Å². The quantitative estimate of drug-likeness (QED) is 0.468. The molecule has 2 aliphatic carbocycles. The number of aromatic nitrogens is 2. The van der Waals surface area contributed by atoms with Crippen LogP contribution in [-0.4, -0.2) is 39.8 Å². The number of carbonyl (C=O) groups excluding carboxylic acids is 1. The molecule has 0 bridgehead atoms. The second-order valence-corrected chi connectivity index (χ2v) is 9.84. The molecule has 3 aliphatic rings. The highest BCUT2D eigenvalue weighted by atomic mass is 19.3. The van der Waals surface area contributed by atoms with Gasteiger partial charge in [-0.3, -0.25) is 20.2 Å². The predicted octanol–water partition coefficient (Wildman–Crippen LogP) is 5.31. The van der Waals surface area contributed by atoms with Gasteiger partial charge in [0.15, 0.2) is 0 Å². The van der Waals surface area contributed by atoms with Crippen LogP contribution in [0.2, 0.25) is 0 Å². The fourth-order valence-electron chi connectivity index (χ4n) is 5.15. The number of nitrogens with zero attached hydrogens (tertiary/aromatic N) is 4. The predicted molar refractivity (Wildman–Crippen MR) is 122 cm³/mol. The third kappa shape index (κ3) is 4.71. The number of hydrogen-bond acceptors (Lipinski definition) is 6. The summed E-state index contributed by atoms with van der Waals surface area (Å²) >= 11 is 0. The number of hydrogen-bond donors (Lipinski definition) is 1. The minimum absolute atomic E-state index is 0.0643. The first-order valence-electron chi connectivity index (χ1n) is 11.8. The van der Waals surface area contributed by atoms with Crippen molar-refractivity contribution in [2.45, 2.75) is 63.2 Å². The summed E-state index contributed by atoms with van der Waals surface area (Å²) in [7, 11) is 0. The van der Waals surface area contributed by atoms with Gasteiger partial charge in [0.1, 0.15) is 0 Å². The summed E-state index contributed by atoms with van der Waals surface area (Å²) < 4.78 is 27.0. The maximum atomic E-state index is 13.5. The molecule has 1 aromatic carbocycles. The van der Waals surface area contributed by atoms with Gasteiger partial charge in [0.05, 0.1) is 16.2 Å². The van der Waals surface area contributed by atoms with E-state index in [1.807, 2.05) is 4.90 Å². The second-order valence-electron chi connectivity index (χ2n) is 9.84. The van der Waals surface area contributed by atoms with Crippen molar-refractivity contribution in [3.05, 3.63) is 51.8 Å². The Balaban J connectivity index is 1.35. The average molecular weight is 472 g/mol. The van der Waals surface area contributed by atoms with Crippen molar-refractivity contribution in [1.29, 1.82) is 0 Å². The number of non-ortho nitro benzene ring substituents is 1. The van der Waals surface area contributed by atoms with E-state index >= 15 is 0 Å². The fraction of sp³-hybridized carbons (Fsp3) is 0.542. The van der Waals surface area contributed by atoms with E-state index in [4.69, 9.17) is 0 Å². The monoisotopic (exact) mass is 471 g/mol. The number of carbonyl (C=O) groups is 1. The van der Waals surface area contributed by atoms with E-state index in [0.29, 0.717) is 35.2 Å². The highest BCUT2D eigenvalue weighted by molar-refractivity contribution is 6.07. The molecule has 3 fully saturated rings. The van der Waals surface area contributed by atoms with Crippen LogP contribution in [0.4, 0.5) is 26.1 Å². The molecule has 0 radical (unpaired) electrons. The number of nitro groups is 1. The van der Waals surface area contributed by atoms with Gasteiger partial charge in [0, 0.05) is 55.9 Å². The van der Waals surface area contributed by atoms with E-state index in [0.717, 1.165) is 25.9 Å². The molecule has 1 amide bonds. The maximum absolute atomic E-state index is 13.5. The van der Waals surface area contributed by atoms with Crippen LogP contribution >= 0.6 is 0 Å². The first kappa shape index (κ1) is 22.6. The normalized spacial score (nSPS) is 21.3. The molecule has 2 saturated carbocycles. The number of benzene rings is 1. The van der Waals surface area contributed by atoms with E-state index in [1.54, 1.807) is 6.07 Å². The van der Waals surface area contributed by atoms with E-state index in [1.165, 1.54) is 37.2 Å². The number of halogens is 2. The number of piperidine rings is 1. The molecule has 8 nitrogen and oxygen atoms in total. The zero-order valence-corrected chi connectivity index (χ0v) is 18.8. The third-order valence-corrected chi connectivity index (χ3v) is 7.60. The van der Waals surface area contributed by atoms with Crippen LogP contribution in [0.3, 0.4) is 0 Å². The SMILES string of the molecule is O=C(Nc1nccc(C2CCC(F)(F)CC2)n1)c1ccc([N+](=O)[O-])cc1N1CCC2(CC1)CC2. The Labute approximate surface area is 195 Å². The van der Waals surface area contributed by atoms with Crippen LogP contribution in [0, 0.1) is 15.5 Å². The smallest absolute Gasteiger partial charge is 0.271 e. The minimum atomic E-state index is -2.62. The Morgan fingerprint density at radius 2 is 1.79 bits per heavy atom. The molecule has 1 saturated heterocycles. The van der Waals surface area contributed by atoms with Crippen molar-refractivity contribution in [2.24, 2.45) is 5.41 Å². The topological polar surface area (TPSA) is 101 Å². The van der Waals surface area contributed by atoms with E-state index in [2.05, 4.69) is 15.3 Å². The first-order chi connectivity index (χ1) is 16.2. The van der Waals surface area contributed by atoms with Crippen molar-refractivity contribution >= 4 is 23.2 Å². The summed E-state index contributed by atoms with van der Waals surface area (Å²) in [4.78, 5) is 34.7. The minimum Gasteiger partial charge on any atom is -0.371 e. The fourth-order valence-corrected chi connectivity index (χ4v) is 5.15. The summed E-state index contributed by atoms with van der Waals surface area (Å²) in [6.07, 6.45) is 6.33. The van der Waals surface area contributed by atoms with Crippen molar-refractivity contribution in [1.82, 2.24) is 9.97 Å². The number of amides is 1. The Hall–Kier alpha value is -3.17. The molecule has 180 valence electrons. The lowest BCUT2D eigenvalue weighted by atomic mass is 9.85. The van der Waals surface area contributed by atoms with Gasteiger partial charge < -0.3 is 4.90 Å². The molecule has 5 rings (SSSR count). The Bertz CT molecular complexity index is 1100. The zero-order valence-electron chi connectivity index (χ0n) is 18.8. The van der Waals surface area contributed by atoms with Crippen molar-refractivity contribution in [2.75, 3.05) is 23.3 Å². The van der Waals surface area contributed by atoms with Gasteiger partial charge in [-0.1, -0.05) is 0 Å².